The summed E-state index contributed by atoms with van der Waals surface area (Å²) in [6.07, 6.45) is 2.55. The molecule has 1 heterocycles. The van der Waals surface area contributed by atoms with E-state index in [1.807, 2.05) is 0 Å². The third-order valence-corrected chi connectivity index (χ3v) is 4.21. The van der Waals surface area contributed by atoms with Crippen molar-refractivity contribution in [1.82, 2.24) is 9.82 Å². The van der Waals surface area contributed by atoms with Crippen molar-refractivity contribution >= 4 is 16.2 Å². The molecule has 0 bridgehead atoms. The van der Waals surface area contributed by atoms with E-state index in [9.17, 15) is 18.6 Å². The number of hydrogen-bond acceptors (Lipinski definition) is 6. The number of aliphatic hydroxyl groups is 1. The van der Waals surface area contributed by atoms with Crippen LogP contribution in [0.25, 0.3) is 0 Å². The maximum atomic E-state index is 11.9. The number of aryl methyl sites for hydroxylation is 1. The number of aliphatic hydroxyl groups excluding tert-OH is 1. The molecule has 1 aromatic carbocycles. The molecule has 122 valence electrons. The molecule has 8 heteroatoms. The van der Waals surface area contributed by atoms with Crippen LogP contribution in [0.4, 0.5) is 0 Å². The maximum absolute atomic E-state index is 11.9. The molecule has 0 aliphatic carbocycles. The van der Waals surface area contributed by atoms with Crippen LogP contribution in [0.3, 0.4) is 0 Å². The molecule has 23 heavy (non-hydrogen) atoms. The van der Waals surface area contributed by atoms with Crippen LogP contribution in [0, 0.1) is 6.92 Å². The molecule has 2 aromatic rings. The lowest BCUT2D eigenvalue weighted by Crippen LogP contribution is -2.20. The SMILES string of the molecule is Cc1ncc(CO)c(C=NNS(=O)(=O)Cc2ccccc2)c1O. The van der Waals surface area contributed by atoms with Gasteiger partial charge in [0, 0.05) is 17.3 Å². The number of hydrazone groups is 1. The van der Waals surface area contributed by atoms with Crippen molar-refractivity contribution < 1.29 is 18.6 Å². The van der Waals surface area contributed by atoms with Gasteiger partial charge in [-0.25, -0.2) is 13.2 Å². The van der Waals surface area contributed by atoms with Crippen LogP contribution in [0.2, 0.25) is 0 Å². The van der Waals surface area contributed by atoms with Gasteiger partial charge in [0.15, 0.2) is 0 Å². The van der Waals surface area contributed by atoms with Gasteiger partial charge in [0.1, 0.15) is 5.75 Å². The zero-order valence-electron chi connectivity index (χ0n) is 12.5. The van der Waals surface area contributed by atoms with Gasteiger partial charge in [0.2, 0.25) is 0 Å². The highest BCUT2D eigenvalue weighted by Gasteiger charge is 2.12. The van der Waals surface area contributed by atoms with Crippen LogP contribution in [-0.2, 0) is 22.4 Å². The Bertz CT molecular complexity index is 805. The van der Waals surface area contributed by atoms with Crippen LogP contribution in [0.1, 0.15) is 22.4 Å². The predicted octanol–water partition coefficient (Wildman–Crippen LogP) is 1.04. The summed E-state index contributed by atoms with van der Waals surface area (Å²) < 4.78 is 23.9. The summed E-state index contributed by atoms with van der Waals surface area (Å²) in [7, 11) is -3.65. The molecule has 3 N–H and O–H groups in total. The Morgan fingerprint density at radius 3 is 2.65 bits per heavy atom. The summed E-state index contributed by atoms with van der Waals surface area (Å²) in [5.41, 5.74) is 1.56. The van der Waals surface area contributed by atoms with Crippen molar-refractivity contribution in [2.24, 2.45) is 5.10 Å². The summed E-state index contributed by atoms with van der Waals surface area (Å²) >= 11 is 0. The first kappa shape index (κ1) is 16.9. The first-order valence-electron chi connectivity index (χ1n) is 6.77. The lowest BCUT2D eigenvalue weighted by atomic mass is 10.1. The molecule has 0 aliphatic heterocycles. The highest BCUT2D eigenvalue weighted by molar-refractivity contribution is 7.88. The Morgan fingerprint density at radius 1 is 1.30 bits per heavy atom. The molecule has 0 aliphatic rings. The van der Waals surface area contributed by atoms with Crippen molar-refractivity contribution in [3.8, 4) is 5.75 Å². The van der Waals surface area contributed by atoms with Crippen LogP contribution in [-0.4, -0.2) is 29.8 Å². The molecular formula is C15H17N3O4S. The number of pyridine rings is 1. The zero-order chi connectivity index (χ0) is 16.9. The molecule has 0 atom stereocenters. The van der Waals surface area contributed by atoms with E-state index in [1.54, 1.807) is 37.3 Å². The lowest BCUT2D eigenvalue weighted by Gasteiger charge is -2.07. The predicted molar refractivity (Wildman–Crippen MR) is 86.4 cm³/mol. The van der Waals surface area contributed by atoms with Crippen molar-refractivity contribution in [3.05, 3.63) is 58.9 Å². The number of hydrogen-bond donors (Lipinski definition) is 3. The third-order valence-electron chi connectivity index (χ3n) is 3.11. The summed E-state index contributed by atoms with van der Waals surface area (Å²) in [6.45, 7) is 1.24. The number of aromatic nitrogens is 1. The van der Waals surface area contributed by atoms with E-state index in [0.29, 0.717) is 16.8 Å². The maximum Gasteiger partial charge on any atom is 0.251 e. The average Bonchev–Trinajstić information content (AvgIpc) is 2.52. The Morgan fingerprint density at radius 2 is 2.00 bits per heavy atom. The van der Waals surface area contributed by atoms with E-state index >= 15 is 0 Å². The second kappa shape index (κ2) is 7.21. The topological polar surface area (TPSA) is 112 Å². The van der Waals surface area contributed by atoms with Gasteiger partial charge in [-0.1, -0.05) is 30.3 Å². The standard InChI is InChI=1S/C15H17N3O4S/c1-11-15(20)14(13(9-19)7-16-11)8-17-18-23(21,22)10-12-5-3-2-4-6-12/h2-8,18-20H,9-10H2,1H3. The number of rotatable bonds is 6. The van der Waals surface area contributed by atoms with E-state index in [-0.39, 0.29) is 23.7 Å². The van der Waals surface area contributed by atoms with E-state index in [4.69, 9.17) is 0 Å². The van der Waals surface area contributed by atoms with Crippen molar-refractivity contribution in [2.75, 3.05) is 0 Å². The van der Waals surface area contributed by atoms with Gasteiger partial charge in [-0.2, -0.15) is 5.10 Å². The van der Waals surface area contributed by atoms with Crippen molar-refractivity contribution in [2.45, 2.75) is 19.3 Å². The van der Waals surface area contributed by atoms with E-state index in [0.717, 1.165) is 6.21 Å². The fourth-order valence-corrected chi connectivity index (χ4v) is 2.83. The highest BCUT2D eigenvalue weighted by Crippen LogP contribution is 2.21. The molecule has 0 unspecified atom stereocenters. The minimum Gasteiger partial charge on any atom is -0.505 e. The number of nitrogens with one attached hydrogen (secondary N) is 1. The van der Waals surface area contributed by atoms with Crippen LogP contribution in [0.5, 0.6) is 5.75 Å². The second-order valence-electron chi connectivity index (χ2n) is 4.88. The average molecular weight is 335 g/mol. The van der Waals surface area contributed by atoms with Crippen LogP contribution >= 0.6 is 0 Å². The monoisotopic (exact) mass is 335 g/mol. The fourth-order valence-electron chi connectivity index (χ4n) is 1.92. The second-order valence-corrected chi connectivity index (χ2v) is 6.58. The molecule has 0 fully saturated rings. The Labute approximate surface area is 134 Å². The quantitative estimate of drug-likeness (QED) is 0.539. The molecule has 0 saturated heterocycles. The lowest BCUT2D eigenvalue weighted by molar-refractivity contribution is 0.280. The van der Waals surface area contributed by atoms with Gasteiger partial charge in [-0.15, -0.1) is 0 Å². The molecular weight excluding hydrogens is 318 g/mol. The van der Waals surface area contributed by atoms with Gasteiger partial charge >= 0.3 is 0 Å². The van der Waals surface area contributed by atoms with Crippen LogP contribution < -0.4 is 4.83 Å². The summed E-state index contributed by atoms with van der Waals surface area (Å²) in [5.74, 6) is -0.359. The van der Waals surface area contributed by atoms with Gasteiger partial charge in [0.25, 0.3) is 10.0 Å². The van der Waals surface area contributed by atoms with E-state index < -0.39 is 10.0 Å². The van der Waals surface area contributed by atoms with Crippen molar-refractivity contribution in [3.63, 3.8) is 0 Å². The minimum absolute atomic E-state index is 0.150. The largest absolute Gasteiger partial charge is 0.505 e. The molecule has 1 aromatic heterocycles. The Kier molecular flexibility index (Phi) is 5.30. The highest BCUT2D eigenvalue weighted by atomic mass is 32.2. The van der Waals surface area contributed by atoms with Crippen molar-refractivity contribution in [1.29, 1.82) is 0 Å². The molecule has 0 radical (unpaired) electrons. The summed E-state index contributed by atoms with van der Waals surface area (Å²) in [4.78, 5) is 5.99. The Balaban J connectivity index is 2.14. The first-order chi connectivity index (χ1) is 10.9. The number of nitrogens with zero attached hydrogens (tertiary/aromatic N) is 2. The number of sulfonamides is 1. The normalized spacial score (nSPS) is 11.7. The first-order valence-corrected chi connectivity index (χ1v) is 8.43. The molecule has 0 amide bonds. The molecule has 7 nitrogen and oxygen atoms in total. The Hall–Kier alpha value is -2.45. The van der Waals surface area contributed by atoms with Gasteiger partial charge in [-0.05, 0) is 12.5 Å². The van der Waals surface area contributed by atoms with Gasteiger partial charge < -0.3 is 10.2 Å². The van der Waals surface area contributed by atoms with Crippen LogP contribution in [0.15, 0.2) is 41.6 Å². The fraction of sp³-hybridized carbons (Fsp3) is 0.200. The smallest absolute Gasteiger partial charge is 0.251 e. The summed E-state index contributed by atoms with van der Waals surface area (Å²) in [5, 5.41) is 22.8. The zero-order valence-corrected chi connectivity index (χ0v) is 13.3. The van der Waals surface area contributed by atoms with E-state index in [1.165, 1.54) is 6.20 Å². The minimum atomic E-state index is -3.65. The molecule has 0 saturated carbocycles. The van der Waals surface area contributed by atoms with Gasteiger partial charge in [-0.3, -0.25) is 4.98 Å². The van der Waals surface area contributed by atoms with E-state index in [2.05, 4.69) is 14.9 Å². The number of benzene rings is 1. The number of aromatic hydroxyl groups is 1. The summed E-state index contributed by atoms with van der Waals surface area (Å²) in [6, 6.07) is 8.70. The molecule has 0 spiro atoms. The van der Waals surface area contributed by atoms with Gasteiger partial charge in [0.05, 0.1) is 24.3 Å². The third kappa shape index (κ3) is 4.51. The molecule has 2 rings (SSSR count).